The summed E-state index contributed by atoms with van der Waals surface area (Å²) < 4.78 is 10.3. The van der Waals surface area contributed by atoms with Gasteiger partial charge in [0.2, 0.25) is 0 Å². The molecule has 0 saturated heterocycles. The van der Waals surface area contributed by atoms with Gasteiger partial charge in [0.05, 0.1) is 13.2 Å². The first kappa shape index (κ1) is 16.8. The van der Waals surface area contributed by atoms with Crippen LogP contribution < -0.4 is 10.1 Å². The van der Waals surface area contributed by atoms with Crippen LogP contribution in [0.1, 0.15) is 23.6 Å². The number of nitrogens with one attached hydrogen (secondary N) is 1. The number of rotatable bonds is 7. The van der Waals surface area contributed by atoms with Gasteiger partial charge in [-0.25, -0.2) is 4.79 Å². The minimum absolute atomic E-state index is 0.0321. The van der Waals surface area contributed by atoms with Crippen molar-refractivity contribution in [2.45, 2.75) is 19.1 Å². The number of carbonyl (C=O) groups excluding carboxylic acids is 1. The van der Waals surface area contributed by atoms with Crippen molar-refractivity contribution in [3.63, 3.8) is 0 Å². The Bertz CT molecular complexity index is 598. The van der Waals surface area contributed by atoms with E-state index in [1.54, 1.807) is 7.11 Å². The molecule has 23 heavy (non-hydrogen) atoms. The van der Waals surface area contributed by atoms with Gasteiger partial charge in [0.25, 0.3) is 0 Å². The standard InChI is InChI=1S/C18H21NO4/c1-22-16-9-7-15(8-10-16)17(11-12-20)19-18(21)23-13-14-5-3-2-4-6-14/h2-10,17,20H,11-13H2,1H3,(H,19,21). The molecule has 0 spiro atoms. The average molecular weight is 315 g/mol. The highest BCUT2D eigenvalue weighted by Gasteiger charge is 2.15. The Morgan fingerprint density at radius 1 is 1.13 bits per heavy atom. The second-order valence-electron chi connectivity index (χ2n) is 5.04. The van der Waals surface area contributed by atoms with Crippen LogP contribution >= 0.6 is 0 Å². The summed E-state index contributed by atoms with van der Waals surface area (Å²) >= 11 is 0. The summed E-state index contributed by atoms with van der Waals surface area (Å²) in [5.74, 6) is 0.739. The van der Waals surface area contributed by atoms with Gasteiger partial charge in [0, 0.05) is 6.61 Å². The highest BCUT2D eigenvalue weighted by Crippen LogP contribution is 2.20. The number of hydrogen-bond donors (Lipinski definition) is 2. The quantitative estimate of drug-likeness (QED) is 0.824. The second kappa shape index (κ2) is 8.80. The number of alkyl carbamates (subject to hydrolysis) is 1. The Balaban J connectivity index is 1.93. The summed E-state index contributed by atoms with van der Waals surface area (Å²) in [6.07, 6.45) is -0.102. The van der Waals surface area contributed by atoms with E-state index >= 15 is 0 Å². The highest BCUT2D eigenvalue weighted by molar-refractivity contribution is 5.68. The molecule has 0 aliphatic rings. The maximum Gasteiger partial charge on any atom is 0.407 e. The first-order chi connectivity index (χ1) is 11.2. The number of amides is 1. The van der Waals surface area contributed by atoms with Crippen molar-refractivity contribution in [3.8, 4) is 5.75 Å². The molecule has 0 aliphatic carbocycles. The molecule has 5 heteroatoms. The molecule has 2 rings (SSSR count). The highest BCUT2D eigenvalue weighted by atomic mass is 16.5. The second-order valence-corrected chi connectivity index (χ2v) is 5.04. The minimum atomic E-state index is -0.511. The molecule has 0 aromatic heterocycles. The molecular weight excluding hydrogens is 294 g/mol. The molecule has 0 bridgehead atoms. The van der Waals surface area contributed by atoms with Crippen molar-refractivity contribution in [3.05, 3.63) is 65.7 Å². The van der Waals surface area contributed by atoms with Crippen LogP contribution in [0.15, 0.2) is 54.6 Å². The van der Waals surface area contributed by atoms with E-state index < -0.39 is 6.09 Å². The summed E-state index contributed by atoms with van der Waals surface area (Å²) in [4.78, 5) is 12.0. The van der Waals surface area contributed by atoms with Crippen LogP contribution in [0.5, 0.6) is 5.75 Å². The van der Waals surface area contributed by atoms with Crippen molar-refractivity contribution in [2.75, 3.05) is 13.7 Å². The van der Waals surface area contributed by atoms with Gasteiger partial charge in [-0.3, -0.25) is 0 Å². The normalized spacial score (nSPS) is 11.6. The van der Waals surface area contributed by atoms with Gasteiger partial charge in [0.15, 0.2) is 0 Å². The Morgan fingerprint density at radius 3 is 2.43 bits per heavy atom. The van der Waals surface area contributed by atoms with Crippen LogP contribution in [-0.2, 0) is 11.3 Å². The molecule has 1 unspecified atom stereocenters. The lowest BCUT2D eigenvalue weighted by atomic mass is 10.0. The molecule has 1 atom stereocenters. The third-order valence-corrected chi connectivity index (χ3v) is 3.44. The molecule has 0 fully saturated rings. The van der Waals surface area contributed by atoms with E-state index in [9.17, 15) is 9.90 Å². The summed E-state index contributed by atoms with van der Waals surface area (Å²) in [7, 11) is 1.60. The van der Waals surface area contributed by atoms with Crippen LogP contribution in [0.2, 0.25) is 0 Å². The fourth-order valence-corrected chi connectivity index (χ4v) is 2.19. The summed E-state index contributed by atoms with van der Waals surface area (Å²) in [6.45, 7) is 0.177. The van der Waals surface area contributed by atoms with Crippen molar-refractivity contribution < 1.29 is 19.4 Å². The molecule has 0 aliphatic heterocycles. The van der Waals surface area contributed by atoms with E-state index in [0.29, 0.717) is 6.42 Å². The third-order valence-electron chi connectivity index (χ3n) is 3.44. The van der Waals surface area contributed by atoms with Gasteiger partial charge in [0.1, 0.15) is 12.4 Å². The van der Waals surface area contributed by atoms with E-state index in [1.165, 1.54) is 0 Å². The number of ether oxygens (including phenoxy) is 2. The molecule has 0 saturated carbocycles. The van der Waals surface area contributed by atoms with E-state index in [1.807, 2.05) is 54.6 Å². The Hall–Kier alpha value is -2.53. The Kier molecular flexibility index (Phi) is 6.44. The van der Waals surface area contributed by atoms with Crippen LogP contribution in [0.3, 0.4) is 0 Å². The molecule has 2 aromatic carbocycles. The van der Waals surface area contributed by atoms with Gasteiger partial charge >= 0.3 is 6.09 Å². The summed E-state index contributed by atoms with van der Waals surface area (Å²) in [6, 6.07) is 16.5. The lowest BCUT2D eigenvalue weighted by molar-refractivity contribution is 0.133. The van der Waals surface area contributed by atoms with Gasteiger partial charge < -0.3 is 19.9 Å². The lowest BCUT2D eigenvalue weighted by Crippen LogP contribution is -2.29. The van der Waals surface area contributed by atoms with Crippen LogP contribution in [0.4, 0.5) is 4.79 Å². The Morgan fingerprint density at radius 2 is 1.83 bits per heavy atom. The van der Waals surface area contributed by atoms with E-state index in [0.717, 1.165) is 16.9 Å². The summed E-state index contributed by atoms with van der Waals surface area (Å²) in [5.41, 5.74) is 1.81. The van der Waals surface area contributed by atoms with Crippen LogP contribution in [0.25, 0.3) is 0 Å². The fraction of sp³-hybridized carbons (Fsp3) is 0.278. The van der Waals surface area contributed by atoms with E-state index in [2.05, 4.69) is 5.32 Å². The predicted octanol–water partition coefficient (Wildman–Crippen LogP) is 3.05. The molecule has 0 heterocycles. The zero-order valence-electron chi connectivity index (χ0n) is 13.1. The largest absolute Gasteiger partial charge is 0.497 e. The molecule has 5 nitrogen and oxygen atoms in total. The van der Waals surface area contributed by atoms with Crippen molar-refractivity contribution in [1.82, 2.24) is 5.32 Å². The smallest absolute Gasteiger partial charge is 0.407 e. The maximum absolute atomic E-state index is 12.0. The van der Waals surface area contributed by atoms with Crippen molar-refractivity contribution in [1.29, 1.82) is 0 Å². The average Bonchev–Trinajstić information content (AvgIpc) is 2.60. The number of benzene rings is 2. The molecule has 2 aromatic rings. The topological polar surface area (TPSA) is 67.8 Å². The SMILES string of the molecule is COc1ccc(C(CCO)NC(=O)OCc2ccccc2)cc1. The van der Waals surface area contributed by atoms with Gasteiger partial charge in [-0.2, -0.15) is 0 Å². The van der Waals surface area contributed by atoms with Crippen LogP contribution in [-0.4, -0.2) is 24.9 Å². The zero-order chi connectivity index (χ0) is 16.5. The molecule has 0 radical (unpaired) electrons. The number of aliphatic hydroxyl groups excluding tert-OH is 1. The fourth-order valence-electron chi connectivity index (χ4n) is 2.19. The lowest BCUT2D eigenvalue weighted by Gasteiger charge is -2.18. The number of hydrogen-bond acceptors (Lipinski definition) is 4. The molecule has 122 valence electrons. The summed E-state index contributed by atoms with van der Waals surface area (Å²) in [5, 5.41) is 12.0. The predicted molar refractivity (Wildman–Crippen MR) is 87.2 cm³/mol. The molecule has 1 amide bonds. The number of methoxy groups -OCH3 is 1. The maximum atomic E-state index is 12.0. The van der Waals surface area contributed by atoms with Crippen molar-refractivity contribution in [2.24, 2.45) is 0 Å². The monoisotopic (exact) mass is 315 g/mol. The zero-order valence-corrected chi connectivity index (χ0v) is 13.1. The first-order valence-electron chi connectivity index (χ1n) is 7.45. The van der Waals surface area contributed by atoms with Gasteiger partial charge in [-0.1, -0.05) is 42.5 Å². The third kappa shape index (κ3) is 5.30. The van der Waals surface area contributed by atoms with Gasteiger partial charge in [-0.15, -0.1) is 0 Å². The van der Waals surface area contributed by atoms with Gasteiger partial charge in [-0.05, 0) is 29.7 Å². The minimum Gasteiger partial charge on any atom is -0.497 e. The molecule has 2 N–H and O–H groups in total. The first-order valence-corrected chi connectivity index (χ1v) is 7.45. The van der Waals surface area contributed by atoms with Crippen molar-refractivity contribution >= 4 is 6.09 Å². The Labute approximate surface area is 135 Å². The molecular formula is C18H21NO4. The van der Waals surface area contributed by atoms with Crippen LogP contribution in [0, 0.1) is 0 Å². The van der Waals surface area contributed by atoms with E-state index in [-0.39, 0.29) is 19.3 Å². The number of aliphatic hydroxyl groups is 1. The number of carbonyl (C=O) groups is 1. The van der Waals surface area contributed by atoms with E-state index in [4.69, 9.17) is 9.47 Å².